The van der Waals surface area contributed by atoms with Crippen molar-refractivity contribution < 1.29 is 22.7 Å². The molecule has 0 spiro atoms. The van der Waals surface area contributed by atoms with Gasteiger partial charge in [0.25, 0.3) is 5.91 Å². The number of esters is 1. The van der Waals surface area contributed by atoms with E-state index in [0.717, 1.165) is 10.4 Å². The third kappa shape index (κ3) is 6.30. The van der Waals surface area contributed by atoms with E-state index in [1.54, 1.807) is 31.2 Å². The van der Waals surface area contributed by atoms with Gasteiger partial charge in [-0.05, 0) is 48.4 Å². The fourth-order valence-corrected chi connectivity index (χ4v) is 3.94. The molecule has 0 saturated carbocycles. The van der Waals surface area contributed by atoms with Crippen molar-refractivity contribution in [3.05, 3.63) is 63.6 Å². The number of anilines is 1. The lowest BCUT2D eigenvalue weighted by Gasteiger charge is -2.15. The van der Waals surface area contributed by atoms with Crippen molar-refractivity contribution in [2.75, 3.05) is 26.0 Å². The van der Waals surface area contributed by atoms with E-state index in [2.05, 4.69) is 5.32 Å². The van der Waals surface area contributed by atoms with Crippen molar-refractivity contribution in [3.8, 4) is 0 Å². The van der Waals surface area contributed by atoms with Gasteiger partial charge in [-0.3, -0.25) is 4.79 Å². The summed E-state index contributed by atoms with van der Waals surface area (Å²) in [5, 5.41) is 3.34. The summed E-state index contributed by atoms with van der Waals surface area (Å²) in [7, 11) is -0.821. The first-order valence-corrected chi connectivity index (χ1v) is 10.8. The van der Waals surface area contributed by atoms with Crippen LogP contribution in [-0.4, -0.2) is 45.3 Å². The minimum atomic E-state index is -3.66. The summed E-state index contributed by atoms with van der Waals surface area (Å²) in [5.41, 5.74) is 1.38. The SMILES string of the molecule is Cc1ccc(NC(=O)COC(=O)/C=C/c2ccc(Cl)cc2Cl)cc1S(=O)(=O)N(C)C. The highest BCUT2D eigenvalue weighted by molar-refractivity contribution is 7.89. The van der Waals surface area contributed by atoms with Gasteiger partial charge >= 0.3 is 5.97 Å². The fourth-order valence-electron chi connectivity index (χ4n) is 2.33. The number of nitrogens with zero attached hydrogens (tertiary/aromatic N) is 1. The molecule has 0 fully saturated rings. The van der Waals surface area contributed by atoms with E-state index in [-0.39, 0.29) is 10.6 Å². The van der Waals surface area contributed by atoms with Crippen molar-refractivity contribution in [3.63, 3.8) is 0 Å². The van der Waals surface area contributed by atoms with Crippen LogP contribution in [0.5, 0.6) is 0 Å². The van der Waals surface area contributed by atoms with Crippen LogP contribution in [0.2, 0.25) is 10.0 Å². The molecule has 0 heterocycles. The second-order valence-electron chi connectivity index (χ2n) is 6.42. The van der Waals surface area contributed by atoms with Crippen LogP contribution in [0.25, 0.3) is 6.08 Å². The molecule has 10 heteroatoms. The van der Waals surface area contributed by atoms with Gasteiger partial charge in [-0.15, -0.1) is 0 Å². The first kappa shape index (κ1) is 23.9. The maximum Gasteiger partial charge on any atom is 0.331 e. The van der Waals surface area contributed by atoms with E-state index in [1.807, 2.05) is 0 Å². The van der Waals surface area contributed by atoms with E-state index in [4.69, 9.17) is 27.9 Å². The Kier molecular flexibility index (Phi) is 8.03. The highest BCUT2D eigenvalue weighted by atomic mass is 35.5. The average molecular weight is 471 g/mol. The molecule has 30 heavy (non-hydrogen) atoms. The van der Waals surface area contributed by atoms with Crippen LogP contribution in [-0.2, 0) is 24.3 Å². The second-order valence-corrected chi connectivity index (χ2v) is 9.39. The first-order chi connectivity index (χ1) is 14.0. The molecule has 7 nitrogen and oxygen atoms in total. The number of carbonyl (C=O) groups excluding carboxylic acids is 2. The Bertz CT molecular complexity index is 1100. The molecule has 0 saturated heterocycles. The summed E-state index contributed by atoms with van der Waals surface area (Å²) in [6.45, 7) is 1.12. The van der Waals surface area contributed by atoms with Crippen LogP contribution in [0.1, 0.15) is 11.1 Å². The van der Waals surface area contributed by atoms with Gasteiger partial charge in [0.15, 0.2) is 6.61 Å². The fraction of sp³-hybridized carbons (Fsp3) is 0.200. The van der Waals surface area contributed by atoms with Gasteiger partial charge in [0.1, 0.15) is 0 Å². The van der Waals surface area contributed by atoms with Gasteiger partial charge in [-0.1, -0.05) is 35.3 Å². The molecule has 0 aliphatic heterocycles. The number of halogens is 2. The van der Waals surface area contributed by atoms with Gasteiger partial charge in [0, 0.05) is 35.9 Å². The van der Waals surface area contributed by atoms with Crippen molar-refractivity contribution in [1.82, 2.24) is 4.31 Å². The normalized spacial score (nSPS) is 11.7. The quantitative estimate of drug-likeness (QED) is 0.491. The Labute approximate surface area is 185 Å². The van der Waals surface area contributed by atoms with E-state index in [1.165, 1.54) is 32.3 Å². The number of sulfonamides is 1. The molecule has 0 aromatic heterocycles. The predicted molar refractivity (Wildman–Crippen MR) is 117 cm³/mol. The van der Waals surface area contributed by atoms with Gasteiger partial charge in [0.05, 0.1) is 4.90 Å². The topological polar surface area (TPSA) is 92.8 Å². The summed E-state index contributed by atoms with van der Waals surface area (Å²) < 4.78 is 30.7. The largest absolute Gasteiger partial charge is 0.452 e. The highest BCUT2D eigenvalue weighted by Crippen LogP contribution is 2.23. The molecule has 0 aliphatic rings. The molecule has 2 aromatic carbocycles. The van der Waals surface area contributed by atoms with Crippen molar-refractivity contribution in [1.29, 1.82) is 0 Å². The van der Waals surface area contributed by atoms with E-state index in [0.29, 0.717) is 21.2 Å². The molecular weight excluding hydrogens is 451 g/mol. The monoisotopic (exact) mass is 470 g/mol. The molecule has 1 N–H and O–H groups in total. The van der Waals surface area contributed by atoms with Crippen molar-refractivity contribution in [2.45, 2.75) is 11.8 Å². The van der Waals surface area contributed by atoms with Crippen molar-refractivity contribution in [2.24, 2.45) is 0 Å². The lowest BCUT2D eigenvalue weighted by Crippen LogP contribution is -2.24. The third-order valence-corrected chi connectivity index (χ3v) is 6.46. The minimum absolute atomic E-state index is 0.0741. The van der Waals surface area contributed by atoms with Gasteiger partial charge in [0.2, 0.25) is 10.0 Å². The zero-order valence-corrected chi connectivity index (χ0v) is 18.8. The van der Waals surface area contributed by atoms with E-state index < -0.39 is 28.5 Å². The molecule has 2 rings (SSSR count). The number of aryl methyl sites for hydroxylation is 1. The smallest absolute Gasteiger partial charge is 0.331 e. The Morgan fingerprint density at radius 1 is 1.13 bits per heavy atom. The molecule has 0 atom stereocenters. The van der Waals surface area contributed by atoms with E-state index >= 15 is 0 Å². The summed E-state index contributed by atoms with van der Waals surface area (Å²) in [4.78, 5) is 23.9. The van der Waals surface area contributed by atoms with Gasteiger partial charge in [-0.2, -0.15) is 0 Å². The summed E-state index contributed by atoms with van der Waals surface area (Å²) in [6.07, 6.45) is 2.58. The number of nitrogens with one attached hydrogen (secondary N) is 1. The maximum atomic E-state index is 12.4. The predicted octanol–water partition coefficient (Wildman–Crippen LogP) is 3.75. The number of amides is 1. The van der Waals surface area contributed by atoms with Crippen LogP contribution in [0.3, 0.4) is 0 Å². The number of rotatable bonds is 7. The maximum absolute atomic E-state index is 12.4. The van der Waals surface area contributed by atoms with Crippen molar-refractivity contribution >= 4 is 56.9 Å². The Hall–Kier alpha value is -2.39. The van der Waals surface area contributed by atoms with Crippen LogP contribution < -0.4 is 5.32 Å². The van der Waals surface area contributed by atoms with E-state index in [9.17, 15) is 18.0 Å². The second kappa shape index (κ2) is 10.1. The standard InChI is InChI=1S/C20H20Cl2N2O5S/c1-13-4-8-16(11-18(13)30(27,28)24(2)3)23-19(25)12-29-20(26)9-6-14-5-7-15(21)10-17(14)22/h4-11H,12H2,1-3H3,(H,23,25)/b9-6+. The zero-order valence-electron chi connectivity index (χ0n) is 16.5. The number of hydrogen-bond acceptors (Lipinski definition) is 5. The number of benzene rings is 2. The summed E-state index contributed by atoms with van der Waals surface area (Å²) >= 11 is 11.8. The molecule has 2 aromatic rings. The Morgan fingerprint density at radius 2 is 1.83 bits per heavy atom. The average Bonchev–Trinajstić information content (AvgIpc) is 2.67. The zero-order chi connectivity index (χ0) is 22.5. The molecular formula is C20H20Cl2N2O5S. The molecule has 0 bridgehead atoms. The summed E-state index contributed by atoms with van der Waals surface area (Å²) in [6, 6.07) is 9.29. The number of ether oxygens (including phenoxy) is 1. The molecule has 1 amide bonds. The molecule has 160 valence electrons. The van der Waals surface area contributed by atoms with Crippen LogP contribution in [0.4, 0.5) is 5.69 Å². The molecule has 0 aliphatic carbocycles. The Morgan fingerprint density at radius 3 is 2.47 bits per heavy atom. The lowest BCUT2D eigenvalue weighted by atomic mass is 10.2. The number of hydrogen-bond donors (Lipinski definition) is 1. The number of carbonyl (C=O) groups is 2. The summed E-state index contributed by atoms with van der Waals surface area (Å²) in [5.74, 6) is -1.35. The first-order valence-electron chi connectivity index (χ1n) is 8.63. The van der Waals surface area contributed by atoms with Gasteiger partial charge < -0.3 is 10.1 Å². The minimum Gasteiger partial charge on any atom is -0.452 e. The Balaban J connectivity index is 1.98. The molecule has 0 unspecified atom stereocenters. The van der Waals surface area contributed by atoms with Crippen LogP contribution >= 0.6 is 23.2 Å². The highest BCUT2D eigenvalue weighted by Gasteiger charge is 2.20. The van der Waals surface area contributed by atoms with Gasteiger partial charge in [-0.25, -0.2) is 17.5 Å². The third-order valence-electron chi connectivity index (χ3n) is 3.94. The molecule has 0 radical (unpaired) electrons. The lowest BCUT2D eigenvalue weighted by molar-refractivity contribution is -0.142. The van der Waals surface area contributed by atoms with Crippen LogP contribution in [0.15, 0.2) is 47.4 Å². The van der Waals surface area contributed by atoms with Crippen LogP contribution in [0, 0.1) is 6.92 Å².